The van der Waals surface area contributed by atoms with E-state index in [0.29, 0.717) is 5.92 Å². The lowest BCUT2D eigenvalue weighted by Gasteiger charge is -2.16. The van der Waals surface area contributed by atoms with E-state index >= 15 is 0 Å². The third-order valence-electron chi connectivity index (χ3n) is 6.04. The lowest BCUT2D eigenvalue weighted by molar-refractivity contribution is 0.325. The zero-order valence-electron chi connectivity index (χ0n) is 17.3. The molecule has 3 heterocycles. The molecule has 0 amide bonds. The first-order valence-corrected chi connectivity index (χ1v) is 10.6. The maximum Gasteiger partial charge on any atom is 0.113 e. The Bertz CT molecular complexity index is 1100. The van der Waals surface area contributed by atoms with Crippen LogP contribution in [-0.4, -0.2) is 32.5 Å². The number of hydrogen-bond acceptors (Lipinski definition) is 3. The summed E-state index contributed by atoms with van der Waals surface area (Å²) in [6.45, 7) is 3.19. The molecule has 0 saturated carbocycles. The number of hydrogen-bond donors (Lipinski definition) is 0. The van der Waals surface area contributed by atoms with Crippen LogP contribution in [0.2, 0.25) is 0 Å². The van der Waals surface area contributed by atoms with Crippen molar-refractivity contribution in [1.82, 2.24) is 19.4 Å². The highest BCUT2D eigenvalue weighted by Gasteiger charge is 2.27. The van der Waals surface area contributed by atoms with Crippen LogP contribution in [0.3, 0.4) is 0 Å². The van der Waals surface area contributed by atoms with Gasteiger partial charge in [-0.05, 0) is 30.7 Å². The zero-order valence-corrected chi connectivity index (χ0v) is 17.3. The SMILES string of the molecule is Cn1c(-c2ccc(-c3ccccc3)nc2)cnc1C1CCN(Cc2ccccc2)C1. The second-order valence-corrected chi connectivity index (χ2v) is 8.07. The number of benzene rings is 2. The second kappa shape index (κ2) is 8.25. The van der Waals surface area contributed by atoms with Crippen LogP contribution in [0.5, 0.6) is 0 Å². The van der Waals surface area contributed by atoms with E-state index in [1.165, 1.54) is 11.4 Å². The minimum Gasteiger partial charge on any atom is -0.331 e. The summed E-state index contributed by atoms with van der Waals surface area (Å²) in [7, 11) is 2.13. The van der Waals surface area contributed by atoms with Crippen molar-refractivity contribution in [2.24, 2.45) is 7.05 Å². The Balaban J connectivity index is 1.31. The molecule has 1 unspecified atom stereocenters. The summed E-state index contributed by atoms with van der Waals surface area (Å²) in [4.78, 5) is 12.0. The van der Waals surface area contributed by atoms with Crippen LogP contribution in [0.25, 0.3) is 22.5 Å². The molecule has 30 heavy (non-hydrogen) atoms. The van der Waals surface area contributed by atoms with Crippen molar-refractivity contribution in [2.45, 2.75) is 18.9 Å². The van der Waals surface area contributed by atoms with Gasteiger partial charge in [0.25, 0.3) is 0 Å². The lowest BCUT2D eigenvalue weighted by atomic mass is 10.1. The molecule has 0 radical (unpaired) electrons. The Labute approximate surface area is 177 Å². The van der Waals surface area contributed by atoms with Gasteiger partial charge in [-0.2, -0.15) is 0 Å². The summed E-state index contributed by atoms with van der Waals surface area (Å²) in [5.74, 6) is 1.65. The number of rotatable bonds is 5. The van der Waals surface area contributed by atoms with Crippen molar-refractivity contribution in [2.75, 3.05) is 13.1 Å². The Hall–Kier alpha value is -3.24. The average molecular weight is 395 g/mol. The van der Waals surface area contributed by atoms with Crippen LogP contribution < -0.4 is 0 Å². The minimum atomic E-state index is 0.476. The zero-order chi connectivity index (χ0) is 20.3. The molecule has 4 aromatic rings. The number of aromatic nitrogens is 3. The molecule has 1 saturated heterocycles. The first kappa shape index (κ1) is 18.8. The fourth-order valence-electron chi connectivity index (χ4n) is 4.43. The molecule has 4 nitrogen and oxygen atoms in total. The third kappa shape index (κ3) is 3.79. The maximum atomic E-state index is 4.80. The molecule has 1 aliphatic rings. The van der Waals surface area contributed by atoms with Gasteiger partial charge in [0.1, 0.15) is 5.82 Å². The molecule has 1 aliphatic heterocycles. The summed E-state index contributed by atoms with van der Waals surface area (Å²) in [6, 6.07) is 25.2. The smallest absolute Gasteiger partial charge is 0.113 e. The quantitative estimate of drug-likeness (QED) is 0.470. The second-order valence-electron chi connectivity index (χ2n) is 8.07. The van der Waals surface area contributed by atoms with E-state index in [-0.39, 0.29) is 0 Å². The summed E-state index contributed by atoms with van der Waals surface area (Å²) in [5, 5.41) is 0. The summed E-state index contributed by atoms with van der Waals surface area (Å²) in [5.41, 5.74) is 5.74. The summed E-state index contributed by atoms with van der Waals surface area (Å²) in [6.07, 6.45) is 5.11. The molecule has 4 heteroatoms. The van der Waals surface area contributed by atoms with Crippen LogP contribution in [0.4, 0.5) is 0 Å². The van der Waals surface area contributed by atoms with Crippen molar-refractivity contribution in [1.29, 1.82) is 0 Å². The standard InChI is InChI=1S/C26H26N4/c1-29-25(22-12-13-24(27-16-22)21-10-6-3-7-11-21)17-28-26(29)23-14-15-30(19-23)18-20-8-4-2-5-9-20/h2-13,16-17,23H,14-15,18-19H2,1H3. The van der Waals surface area contributed by atoms with Gasteiger partial charge in [0.05, 0.1) is 17.6 Å². The Morgan fingerprint density at radius 1 is 0.833 bits per heavy atom. The van der Waals surface area contributed by atoms with E-state index in [2.05, 4.69) is 76.1 Å². The number of pyridine rings is 1. The Kier molecular flexibility index (Phi) is 5.16. The Morgan fingerprint density at radius 2 is 1.60 bits per heavy atom. The first-order chi connectivity index (χ1) is 14.8. The fourth-order valence-corrected chi connectivity index (χ4v) is 4.43. The van der Waals surface area contributed by atoms with Gasteiger partial charge < -0.3 is 4.57 Å². The molecule has 1 fully saturated rings. The van der Waals surface area contributed by atoms with Crippen molar-refractivity contribution >= 4 is 0 Å². The summed E-state index contributed by atoms with van der Waals surface area (Å²) >= 11 is 0. The predicted molar refractivity (Wildman–Crippen MR) is 121 cm³/mol. The third-order valence-corrected chi connectivity index (χ3v) is 6.04. The molecular formula is C26H26N4. The average Bonchev–Trinajstić information content (AvgIpc) is 3.41. The first-order valence-electron chi connectivity index (χ1n) is 10.6. The fraction of sp³-hybridized carbons (Fsp3) is 0.231. The highest BCUT2D eigenvalue weighted by molar-refractivity contribution is 5.64. The molecule has 0 N–H and O–H groups in total. The molecule has 0 bridgehead atoms. The van der Waals surface area contributed by atoms with Gasteiger partial charge in [0.15, 0.2) is 0 Å². The van der Waals surface area contributed by atoms with Crippen LogP contribution in [0.15, 0.2) is 85.2 Å². The molecule has 0 aliphatic carbocycles. The summed E-state index contributed by atoms with van der Waals surface area (Å²) < 4.78 is 2.25. The highest BCUT2D eigenvalue weighted by atomic mass is 15.2. The van der Waals surface area contributed by atoms with E-state index in [9.17, 15) is 0 Å². The molecule has 2 aromatic carbocycles. The number of likely N-dealkylation sites (tertiary alicyclic amines) is 1. The number of imidazole rings is 1. The van der Waals surface area contributed by atoms with E-state index in [1.54, 1.807) is 0 Å². The van der Waals surface area contributed by atoms with E-state index < -0.39 is 0 Å². The van der Waals surface area contributed by atoms with Crippen molar-refractivity contribution < 1.29 is 0 Å². The lowest BCUT2D eigenvalue weighted by Crippen LogP contribution is -2.20. The molecular weight excluding hydrogens is 368 g/mol. The van der Waals surface area contributed by atoms with E-state index in [1.807, 2.05) is 30.6 Å². The van der Waals surface area contributed by atoms with Gasteiger partial charge in [-0.15, -0.1) is 0 Å². The van der Waals surface area contributed by atoms with Gasteiger partial charge in [-0.25, -0.2) is 4.98 Å². The van der Waals surface area contributed by atoms with E-state index in [0.717, 1.165) is 48.6 Å². The van der Waals surface area contributed by atoms with Gasteiger partial charge in [0, 0.05) is 43.4 Å². The van der Waals surface area contributed by atoms with Gasteiger partial charge in [-0.3, -0.25) is 9.88 Å². The van der Waals surface area contributed by atoms with E-state index in [4.69, 9.17) is 4.98 Å². The predicted octanol–water partition coefficient (Wildman–Crippen LogP) is 5.14. The van der Waals surface area contributed by atoms with Crippen LogP contribution in [0.1, 0.15) is 23.7 Å². The molecule has 1 atom stereocenters. The minimum absolute atomic E-state index is 0.476. The maximum absolute atomic E-state index is 4.80. The van der Waals surface area contributed by atoms with Crippen LogP contribution >= 0.6 is 0 Å². The van der Waals surface area contributed by atoms with Crippen molar-refractivity contribution in [3.8, 4) is 22.5 Å². The monoisotopic (exact) mass is 394 g/mol. The molecule has 2 aromatic heterocycles. The van der Waals surface area contributed by atoms with Crippen LogP contribution in [0, 0.1) is 0 Å². The normalized spacial score (nSPS) is 16.8. The van der Waals surface area contributed by atoms with Crippen LogP contribution in [-0.2, 0) is 13.6 Å². The molecule has 150 valence electrons. The molecule has 5 rings (SSSR count). The van der Waals surface area contributed by atoms with Gasteiger partial charge in [-0.1, -0.05) is 60.7 Å². The Morgan fingerprint density at radius 3 is 2.33 bits per heavy atom. The highest BCUT2D eigenvalue weighted by Crippen LogP contribution is 2.30. The van der Waals surface area contributed by atoms with Crippen molar-refractivity contribution in [3.63, 3.8) is 0 Å². The number of nitrogens with zero attached hydrogens (tertiary/aromatic N) is 4. The topological polar surface area (TPSA) is 34.0 Å². The largest absolute Gasteiger partial charge is 0.331 e. The van der Waals surface area contributed by atoms with Gasteiger partial charge in [0.2, 0.25) is 0 Å². The van der Waals surface area contributed by atoms with Crippen molar-refractivity contribution in [3.05, 3.63) is 96.6 Å². The molecule has 0 spiro atoms. The van der Waals surface area contributed by atoms with Gasteiger partial charge >= 0.3 is 0 Å².